The van der Waals surface area contributed by atoms with Crippen LogP contribution >= 0.6 is 0 Å². The Morgan fingerprint density at radius 1 is 1.00 bits per heavy atom. The van der Waals surface area contributed by atoms with Crippen molar-refractivity contribution in [2.45, 2.75) is 31.0 Å². The molecule has 1 unspecified atom stereocenters. The van der Waals surface area contributed by atoms with Crippen molar-refractivity contribution in [2.75, 3.05) is 26.3 Å². The van der Waals surface area contributed by atoms with Gasteiger partial charge in [0.25, 0.3) is 11.8 Å². The molecule has 0 aromatic heterocycles. The van der Waals surface area contributed by atoms with Gasteiger partial charge in [0.1, 0.15) is 6.04 Å². The van der Waals surface area contributed by atoms with E-state index >= 15 is 0 Å². The monoisotopic (exact) mass is 449 g/mol. The molecule has 2 aromatic carbocycles. The number of aliphatic hydroxyl groups is 1. The van der Waals surface area contributed by atoms with E-state index in [2.05, 4.69) is 34.2 Å². The molecule has 0 bridgehead atoms. The third-order valence-electron chi connectivity index (χ3n) is 5.91. The summed E-state index contributed by atoms with van der Waals surface area (Å²) >= 11 is 0. The van der Waals surface area contributed by atoms with E-state index in [1.165, 1.54) is 11.0 Å². The Kier molecular flexibility index (Phi) is 7.06. The summed E-state index contributed by atoms with van der Waals surface area (Å²) in [5, 5.41) is 21.6. The number of amides is 2. The molecule has 4 N–H and O–H groups in total. The van der Waals surface area contributed by atoms with Crippen LogP contribution in [0.3, 0.4) is 0 Å². The lowest BCUT2D eigenvalue weighted by Gasteiger charge is -2.26. The lowest BCUT2D eigenvalue weighted by molar-refractivity contribution is -0.134. The first-order valence-corrected chi connectivity index (χ1v) is 11.0. The van der Waals surface area contributed by atoms with E-state index in [-0.39, 0.29) is 0 Å². The molecule has 2 aliphatic rings. The highest BCUT2D eigenvalue weighted by molar-refractivity contribution is 5.98. The minimum Gasteiger partial charge on any atom is -0.387 e. The molecule has 1 saturated carbocycles. The first-order valence-electron chi connectivity index (χ1n) is 11.0. The maximum absolute atomic E-state index is 12.5. The number of nitrogens with zero attached hydrogens (tertiary/aromatic N) is 1. The van der Waals surface area contributed by atoms with Gasteiger partial charge in [0.15, 0.2) is 0 Å². The molecule has 1 aliphatic carbocycles. The van der Waals surface area contributed by atoms with E-state index in [4.69, 9.17) is 9.94 Å². The zero-order valence-electron chi connectivity index (χ0n) is 18.2. The van der Waals surface area contributed by atoms with Crippen LogP contribution in [0.4, 0.5) is 0 Å². The lowest BCUT2D eigenvalue weighted by Crippen LogP contribution is -2.54. The molecule has 1 heterocycles. The maximum Gasteiger partial charge on any atom is 0.268 e. The Labute approximate surface area is 192 Å². The minimum atomic E-state index is -1.31. The first kappa shape index (κ1) is 23.0. The molecule has 1 saturated heterocycles. The number of hydrogen-bond donors (Lipinski definition) is 4. The minimum absolute atomic E-state index is 0.327. The van der Waals surface area contributed by atoms with E-state index in [1.807, 2.05) is 12.1 Å². The second-order valence-electron chi connectivity index (χ2n) is 8.40. The van der Waals surface area contributed by atoms with Crippen LogP contribution in [0.25, 0.3) is 0 Å². The lowest BCUT2D eigenvalue weighted by atomic mass is 10.1. The third kappa shape index (κ3) is 5.97. The van der Waals surface area contributed by atoms with E-state index in [0.29, 0.717) is 18.4 Å². The van der Waals surface area contributed by atoms with Crippen LogP contribution in [0, 0.1) is 11.8 Å². The number of ether oxygens (including phenoxy) is 1. The highest BCUT2D eigenvalue weighted by atomic mass is 16.5. The van der Waals surface area contributed by atoms with Crippen molar-refractivity contribution in [3.63, 3.8) is 0 Å². The van der Waals surface area contributed by atoms with Crippen LogP contribution in [0.15, 0.2) is 48.5 Å². The standard InChI is InChI=1S/C25H27N3O5/c29-23(26-22(24(30)27-32)25(31)11-12-25)21-9-7-19(8-10-21)2-1-18-3-5-20(6-4-18)17-28-13-15-33-16-14-28/h3-10,22,31-32H,11-17H2,(H,26,29)(H,27,30). The van der Waals surface area contributed by atoms with E-state index in [1.54, 1.807) is 24.3 Å². The molecule has 8 nitrogen and oxygen atoms in total. The number of carbonyl (C=O) groups excluding carboxylic acids is 2. The van der Waals surface area contributed by atoms with Crippen LogP contribution in [0.1, 0.15) is 39.9 Å². The summed E-state index contributed by atoms with van der Waals surface area (Å²) < 4.78 is 5.38. The van der Waals surface area contributed by atoms with Crippen molar-refractivity contribution < 1.29 is 24.6 Å². The number of benzene rings is 2. The molecule has 33 heavy (non-hydrogen) atoms. The maximum atomic E-state index is 12.5. The number of rotatable bonds is 6. The van der Waals surface area contributed by atoms with Crippen molar-refractivity contribution in [3.8, 4) is 11.8 Å². The number of hydroxylamine groups is 1. The molecular formula is C25H27N3O5. The van der Waals surface area contributed by atoms with Gasteiger partial charge in [0, 0.05) is 36.3 Å². The fourth-order valence-corrected chi connectivity index (χ4v) is 3.70. The van der Waals surface area contributed by atoms with Crippen molar-refractivity contribution in [1.82, 2.24) is 15.7 Å². The van der Waals surface area contributed by atoms with Gasteiger partial charge in [-0.15, -0.1) is 0 Å². The Hall–Kier alpha value is -3.22. The molecule has 0 spiro atoms. The smallest absolute Gasteiger partial charge is 0.268 e. The van der Waals surface area contributed by atoms with Gasteiger partial charge in [-0.1, -0.05) is 24.0 Å². The van der Waals surface area contributed by atoms with Crippen LogP contribution in [-0.2, 0) is 16.1 Å². The van der Waals surface area contributed by atoms with Gasteiger partial charge in [-0.05, 0) is 54.8 Å². The van der Waals surface area contributed by atoms with Gasteiger partial charge in [-0.2, -0.15) is 0 Å². The molecular weight excluding hydrogens is 422 g/mol. The summed E-state index contributed by atoms with van der Waals surface area (Å²) in [5.74, 6) is 4.85. The van der Waals surface area contributed by atoms with Gasteiger partial charge in [-0.3, -0.25) is 19.7 Å². The largest absolute Gasteiger partial charge is 0.387 e. The quantitative estimate of drug-likeness (QED) is 0.298. The van der Waals surface area contributed by atoms with Crippen LogP contribution < -0.4 is 10.8 Å². The predicted molar refractivity (Wildman–Crippen MR) is 120 cm³/mol. The molecule has 2 amide bonds. The van der Waals surface area contributed by atoms with Crippen LogP contribution in [0.5, 0.6) is 0 Å². The molecule has 0 radical (unpaired) electrons. The Balaban J connectivity index is 1.35. The van der Waals surface area contributed by atoms with Crippen molar-refractivity contribution in [2.24, 2.45) is 0 Å². The normalized spacial score (nSPS) is 17.9. The first-order chi connectivity index (χ1) is 16.0. The molecule has 1 aliphatic heterocycles. The van der Waals surface area contributed by atoms with Gasteiger partial charge in [-0.25, -0.2) is 5.48 Å². The highest BCUT2D eigenvalue weighted by Crippen LogP contribution is 2.38. The van der Waals surface area contributed by atoms with Gasteiger partial charge < -0.3 is 15.2 Å². The summed E-state index contributed by atoms with van der Waals surface area (Å²) in [5.41, 5.74) is 3.39. The van der Waals surface area contributed by atoms with Gasteiger partial charge in [0.05, 0.1) is 18.8 Å². The number of carbonyl (C=O) groups is 2. The molecule has 1 atom stereocenters. The Bertz CT molecular complexity index is 1050. The molecule has 8 heteroatoms. The molecule has 172 valence electrons. The van der Waals surface area contributed by atoms with Crippen molar-refractivity contribution >= 4 is 11.8 Å². The van der Waals surface area contributed by atoms with Gasteiger partial charge in [0.2, 0.25) is 0 Å². The fourth-order valence-electron chi connectivity index (χ4n) is 3.70. The van der Waals surface area contributed by atoms with E-state index in [9.17, 15) is 14.7 Å². The third-order valence-corrected chi connectivity index (χ3v) is 5.91. The summed E-state index contributed by atoms with van der Waals surface area (Å²) in [7, 11) is 0. The zero-order chi connectivity index (χ0) is 23.3. The predicted octanol–water partition coefficient (Wildman–Crippen LogP) is 1.05. The fraction of sp³-hybridized carbons (Fsp3) is 0.360. The van der Waals surface area contributed by atoms with Crippen molar-refractivity contribution in [1.29, 1.82) is 0 Å². The van der Waals surface area contributed by atoms with Crippen LogP contribution in [-0.4, -0.2) is 65.0 Å². The summed E-state index contributed by atoms with van der Waals surface area (Å²) in [4.78, 5) is 26.7. The van der Waals surface area contributed by atoms with Gasteiger partial charge >= 0.3 is 0 Å². The highest BCUT2D eigenvalue weighted by Gasteiger charge is 2.52. The molecule has 2 aromatic rings. The summed E-state index contributed by atoms with van der Waals surface area (Å²) in [6.07, 6.45) is 0.766. The second-order valence-corrected chi connectivity index (χ2v) is 8.40. The zero-order valence-corrected chi connectivity index (χ0v) is 18.2. The van der Waals surface area contributed by atoms with Crippen molar-refractivity contribution in [3.05, 3.63) is 70.8 Å². The van der Waals surface area contributed by atoms with E-state index < -0.39 is 23.5 Å². The SMILES string of the molecule is O=C(NC(C(=O)NO)C1(O)CC1)c1ccc(C#Cc2ccc(CN3CCOCC3)cc2)cc1. The molecule has 4 rings (SSSR count). The topological polar surface area (TPSA) is 111 Å². The summed E-state index contributed by atoms with van der Waals surface area (Å²) in [6, 6.07) is 13.6. The number of morpholine rings is 1. The number of nitrogens with one attached hydrogen (secondary N) is 2. The van der Waals surface area contributed by atoms with E-state index in [0.717, 1.165) is 44.0 Å². The second kappa shape index (κ2) is 10.1. The Morgan fingerprint density at radius 2 is 1.58 bits per heavy atom. The average molecular weight is 450 g/mol. The Morgan fingerprint density at radius 3 is 2.12 bits per heavy atom. The average Bonchev–Trinajstić information content (AvgIpc) is 3.60. The molecule has 2 fully saturated rings. The summed E-state index contributed by atoms with van der Waals surface area (Å²) in [6.45, 7) is 4.37. The number of hydrogen-bond acceptors (Lipinski definition) is 6. The van der Waals surface area contributed by atoms with Crippen LogP contribution in [0.2, 0.25) is 0 Å².